The SMILES string of the molecule is COCOc1ccc(C(O)(c2ccc(OCOC)cc2)C2CCCCC2C(C)(C)C)cc1. The highest BCUT2D eigenvalue weighted by Crippen LogP contribution is 2.52. The van der Waals surface area contributed by atoms with Crippen LogP contribution in [-0.4, -0.2) is 32.9 Å². The lowest BCUT2D eigenvalue weighted by atomic mass is 9.58. The maximum absolute atomic E-state index is 12.5. The molecule has 1 aliphatic rings. The van der Waals surface area contributed by atoms with Crippen LogP contribution in [0, 0.1) is 17.3 Å². The number of benzene rings is 2. The molecule has 1 fully saturated rings. The van der Waals surface area contributed by atoms with Gasteiger partial charge >= 0.3 is 0 Å². The van der Waals surface area contributed by atoms with Gasteiger partial charge in [-0.15, -0.1) is 0 Å². The first kappa shape index (κ1) is 24.6. The van der Waals surface area contributed by atoms with Gasteiger partial charge in [0.15, 0.2) is 13.6 Å². The minimum atomic E-state index is -1.11. The molecule has 0 heterocycles. The summed E-state index contributed by atoms with van der Waals surface area (Å²) in [5.41, 5.74) is 0.753. The van der Waals surface area contributed by atoms with Crippen LogP contribution < -0.4 is 9.47 Å². The molecule has 0 radical (unpaired) electrons. The highest BCUT2D eigenvalue weighted by Gasteiger charge is 2.48. The smallest absolute Gasteiger partial charge is 0.188 e. The van der Waals surface area contributed by atoms with E-state index in [1.807, 2.05) is 48.5 Å². The van der Waals surface area contributed by atoms with Gasteiger partial charge in [-0.1, -0.05) is 57.9 Å². The van der Waals surface area contributed by atoms with E-state index in [-0.39, 0.29) is 24.9 Å². The molecule has 5 nitrogen and oxygen atoms in total. The quantitative estimate of drug-likeness (QED) is 0.502. The van der Waals surface area contributed by atoms with E-state index in [1.54, 1.807) is 14.2 Å². The number of rotatable bonds is 9. The lowest BCUT2D eigenvalue weighted by Crippen LogP contribution is -2.46. The Morgan fingerprint density at radius 2 is 1.12 bits per heavy atom. The van der Waals surface area contributed by atoms with Crippen LogP contribution in [0.5, 0.6) is 11.5 Å². The number of hydrogen-bond donors (Lipinski definition) is 1. The van der Waals surface area contributed by atoms with E-state index in [2.05, 4.69) is 20.8 Å². The maximum Gasteiger partial charge on any atom is 0.188 e. The third-order valence-electron chi connectivity index (χ3n) is 6.69. The van der Waals surface area contributed by atoms with Gasteiger partial charge in [0, 0.05) is 14.2 Å². The standard InChI is InChI=1S/C27H38O5/c1-26(2,3)24-8-6-7-9-25(24)27(28,20-10-14-22(15-11-20)31-18-29-4)21-12-16-23(17-13-21)32-19-30-5/h10-17,24-25,28H,6-9,18-19H2,1-5H3. The largest absolute Gasteiger partial charge is 0.468 e. The summed E-state index contributed by atoms with van der Waals surface area (Å²) in [6, 6.07) is 15.6. The van der Waals surface area contributed by atoms with Crippen LogP contribution in [0.3, 0.4) is 0 Å². The van der Waals surface area contributed by atoms with E-state index in [4.69, 9.17) is 18.9 Å². The van der Waals surface area contributed by atoms with E-state index in [0.717, 1.165) is 41.9 Å². The maximum atomic E-state index is 12.5. The first-order valence-corrected chi connectivity index (χ1v) is 11.5. The van der Waals surface area contributed by atoms with Crippen molar-refractivity contribution in [1.82, 2.24) is 0 Å². The molecule has 32 heavy (non-hydrogen) atoms. The number of aliphatic hydroxyl groups is 1. The average molecular weight is 443 g/mol. The first-order valence-electron chi connectivity index (χ1n) is 11.5. The van der Waals surface area contributed by atoms with Crippen LogP contribution in [0.15, 0.2) is 48.5 Å². The van der Waals surface area contributed by atoms with Gasteiger partial charge in [0.1, 0.15) is 17.1 Å². The Hall–Kier alpha value is -2.08. The molecule has 1 aliphatic carbocycles. The number of hydrogen-bond acceptors (Lipinski definition) is 5. The molecule has 1 N–H and O–H groups in total. The van der Waals surface area contributed by atoms with Crippen molar-refractivity contribution in [2.75, 3.05) is 27.8 Å². The number of ether oxygens (including phenoxy) is 4. The summed E-state index contributed by atoms with van der Waals surface area (Å²) in [5.74, 6) is 1.94. The average Bonchev–Trinajstić information content (AvgIpc) is 2.81. The van der Waals surface area contributed by atoms with E-state index in [9.17, 15) is 5.11 Å². The molecule has 0 aromatic heterocycles. The molecule has 2 atom stereocenters. The predicted molar refractivity (Wildman–Crippen MR) is 126 cm³/mol. The first-order chi connectivity index (χ1) is 15.3. The molecule has 0 bridgehead atoms. The van der Waals surface area contributed by atoms with Crippen molar-refractivity contribution in [3.8, 4) is 11.5 Å². The van der Waals surface area contributed by atoms with E-state index < -0.39 is 5.60 Å². The summed E-state index contributed by atoms with van der Waals surface area (Å²) >= 11 is 0. The summed E-state index contributed by atoms with van der Waals surface area (Å²) in [7, 11) is 3.20. The van der Waals surface area contributed by atoms with Crippen LogP contribution in [0.2, 0.25) is 0 Å². The topological polar surface area (TPSA) is 57.2 Å². The van der Waals surface area contributed by atoms with Crippen LogP contribution in [0.4, 0.5) is 0 Å². The second-order valence-corrected chi connectivity index (χ2v) is 9.78. The van der Waals surface area contributed by atoms with Crippen molar-refractivity contribution in [1.29, 1.82) is 0 Å². The molecule has 0 aliphatic heterocycles. The molecular formula is C27H38O5. The van der Waals surface area contributed by atoms with Crippen LogP contribution in [0.1, 0.15) is 57.6 Å². The van der Waals surface area contributed by atoms with Gasteiger partial charge in [0.25, 0.3) is 0 Å². The van der Waals surface area contributed by atoms with E-state index in [0.29, 0.717) is 5.92 Å². The molecule has 0 amide bonds. The lowest BCUT2D eigenvalue weighted by molar-refractivity contribution is -0.0584. The Kier molecular flexibility index (Phi) is 8.21. The van der Waals surface area contributed by atoms with Gasteiger partial charge in [0.05, 0.1) is 0 Å². The second kappa shape index (κ2) is 10.7. The fraction of sp³-hybridized carbons (Fsp3) is 0.556. The van der Waals surface area contributed by atoms with Crippen molar-refractivity contribution in [2.24, 2.45) is 17.3 Å². The van der Waals surface area contributed by atoms with Gasteiger partial charge in [-0.3, -0.25) is 0 Å². The highest BCUT2D eigenvalue weighted by molar-refractivity contribution is 5.42. The van der Waals surface area contributed by atoms with Gasteiger partial charge in [-0.05, 0) is 65.5 Å². The molecule has 176 valence electrons. The minimum Gasteiger partial charge on any atom is -0.468 e. The van der Waals surface area contributed by atoms with Crippen LogP contribution >= 0.6 is 0 Å². The molecule has 0 saturated heterocycles. The molecule has 2 unspecified atom stereocenters. The zero-order chi connectivity index (χ0) is 23.2. The van der Waals surface area contributed by atoms with Gasteiger partial charge in [-0.2, -0.15) is 0 Å². The third kappa shape index (κ3) is 5.45. The molecule has 2 aromatic carbocycles. The van der Waals surface area contributed by atoms with Crippen molar-refractivity contribution in [3.63, 3.8) is 0 Å². The fourth-order valence-corrected chi connectivity index (χ4v) is 5.13. The van der Waals surface area contributed by atoms with Crippen LogP contribution in [0.25, 0.3) is 0 Å². The molecule has 1 saturated carbocycles. The van der Waals surface area contributed by atoms with E-state index in [1.165, 1.54) is 6.42 Å². The Labute approximate surface area is 192 Å². The van der Waals surface area contributed by atoms with Crippen molar-refractivity contribution >= 4 is 0 Å². The van der Waals surface area contributed by atoms with Crippen LogP contribution in [-0.2, 0) is 15.1 Å². The molecule has 3 rings (SSSR count). The molecule has 5 heteroatoms. The van der Waals surface area contributed by atoms with Crippen molar-refractivity contribution in [2.45, 2.75) is 52.1 Å². The Morgan fingerprint density at radius 3 is 1.50 bits per heavy atom. The lowest BCUT2D eigenvalue weighted by Gasteiger charge is -2.48. The molecular weight excluding hydrogens is 404 g/mol. The Bertz CT molecular complexity index is 771. The summed E-state index contributed by atoms with van der Waals surface area (Å²) in [6.07, 6.45) is 4.45. The van der Waals surface area contributed by atoms with Crippen molar-refractivity contribution < 1.29 is 24.1 Å². The molecule has 2 aromatic rings. The van der Waals surface area contributed by atoms with Crippen molar-refractivity contribution in [3.05, 3.63) is 59.7 Å². The zero-order valence-electron chi connectivity index (χ0n) is 20.1. The van der Waals surface area contributed by atoms with Gasteiger partial charge < -0.3 is 24.1 Å². The Morgan fingerprint density at radius 1 is 0.719 bits per heavy atom. The predicted octanol–water partition coefficient (Wildman–Crippen LogP) is 5.74. The monoisotopic (exact) mass is 442 g/mol. The Balaban J connectivity index is 2.04. The third-order valence-corrected chi connectivity index (χ3v) is 6.69. The molecule has 0 spiro atoms. The summed E-state index contributed by atoms with van der Waals surface area (Å²) in [6.45, 7) is 7.27. The highest BCUT2D eigenvalue weighted by atomic mass is 16.7. The summed E-state index contributed by atoms with van der Waals surface area (Å²) < 4.78 is 21.2. The van der Waals surface area contributed by atoms with E-state index >= 15 is 0 Å². The zero-order valence-corrected chi connectivity index (χ0v) is 20.1. The fourth-order valence-electron chi connectivity index (χ4n) is 5.13. The minimum absolute atomic E-state index is 0.0993. The van der Waals surface area contributed by atoms with Gasteiger partial charge in [-0.25, -0.2) is 0 Å². The normalized spacial score (nSPS) is 19.6. The number of methoxy groups -OCH3 is 2. The summed E-state index contributed by atoms with van der Waals surface area (Å²) in [5, 5.41) is 12.5. The summed E-state index contributed by atoms with van der Waals surface area (Å²) in [4.78, 5) is 0. The second-order valence-electron chi connectivity index (χ2n) is 9.78. The van der Waals surface area contributed by atoms with Gasteiger partial charge in [0.2, 0.25) is 0 Å².